The van der Waals surface area contributed by atoms with Crippen molar-refractivity contribution in [2.75, 3.05) is 32.7 Å². The molecular weight excluding hydrogens is 318 g/mol. The monoisotopic (exact) mass is 349 g/mol. The van der Waals surface area contributed by atoms with Crippen molar-refractivity contribution in [3.8, 4) is 6.07 Å². The minimum atomic E-state index is -0.839. The molecule has 2 atom stereocenters. The van der Waals surface area contributed by atoms with Crippen LogP contribution in [0, 0.1) is 17.2 Å². The maximum atomic E-state index is 12.3. The number of amides is 2. The number of hydrogen-bond donors (Lipinski definition) is 2. The highest BCUT2D eigenvalue weighted by Gasteiger charge is 2.32. The fourth-order valence-corrected chi connectivity index (χ4v) is 2.86. The molecule has 2 unspecified atom stereocenters. The molecule has 1 aliphatic heterocycles. The van der Waals surface area contributed by atoms with Gasteiger partial charge in [-0.25, -0.2) is 0 Å². The number of carbonyl (C=O) groups excluding carboxylic acids is 2. The second-order valence-corrected chi connectivity index (χ2v) is 7.79. The predicted molar refractivity (Wildman–Crippen MR) is 95.6 cm³/mol. The zero-order valence-corrected chi connectivity index (χ0v) is 15.8. The Morgan fingerprint density at radius 1 is 1.20 bits per heavy atom. The molecular formula is C18H31N5O2. The number of nitrogens with zero attached hydrogens (tertiary/aromatic N) is 3. The minimum Gasteiger partial charge on any atom is -0.352 e. The summed E-state index contributed by atoms with van der Waals surface area (Å²) in [6, 6.07) is 2.46. The van der Waals surface area contributed by atoms with Crippen LogP contribution in [0.5, 0.6) is 0 Å². The first kappa shape index (κ1) is 19.7. The van der Waals surface area contributed by atoms with E-state index in [0.717, 1.165) is 39.0 Å². The van der Waals surface area contributed by atoms with E-state index in [2.05, 4.69) is 26.5 Å². The van der Waals surface area contributed by atoms with E-state index in [9.17, 15) is 14.9 Å². The highest BCUT2D eigenvalue weighted by atomic mass is 16.2. The van der Waals surface area contributed by atoms with E-state index < -0.39 is 5.54 Å². The second-order valence-electron chi connectivity index (χ2n) is 7.79. The summed E-state index contributed by atoms with van der Waals surface area (Å²) in [4.78, 5) is 28.7. The molecule has 1 saturated heterocycles. The molecule has 0 aromatic carbocycles. The van der Waals surface area contributed by atoms with Gasteiger partial charge in [-0.2, -0.15) is 5.26 Å². The Morgan fingerprint density at radius 3 is 2.28 bits per heavy atom. The van der Waals surface area contributed by atoms with Crippen LogP contribution in [0.15, 0.2) is 0 Å². The van der Waals surface area contributed by atoms with E-state index >= 15 is 0 Å². The Hall–Kier alpha value is -1.65. The molecule has 2 aliphatic rings. The van der Waals surface area contributed by atoms with Crippen LogP contribution in [0.25, 0.3) is 0 Å². The van der Waals surface area contributed by atoms with Crippen molar-refractivity contribution in [3.63, 3.8) is 0 Å². The molecule has 0 bridgehead atoms. The number of hydrogen-bond acceptors (Lipinski definition) is 5. The molecule has 25 heavy (non-hydrogen) atoms. The lowest BCUT2D eigenvalue weighted by Gasteiger charge is -2.37. The van der Waals surface area contributed by atoms with Gasteiger partial charge in [0.15, 0.2) is 0 Å². The molecule has 0 aromatic rings. The molecule has 7 nitrogen and oxygen atoms in total. The van der Waals surface area contributed by atoms with Crippen molar-refractivity contribution in [1.29, 1.82) is 5.26 Å². The van der Waals surface area contributed by atoms with Crippen LogP contribution in [0.3, 0.4) is 0 Å². The van der Waals surface area contributed by atoms with Crippen LogP contribution < -0.4 is 10.6 Å². The SMILES string of the molecule is CC(C(=O)NC1CC1)N1CCN(CC(=O)NC(C)(C#N)C(C)C)CC1. The summed E-state index contributed by atoms with van der Waals surface area (Å²) in [6.45, 7) is 10.9. The average molecular weight is 349 g/mol. The minimum absolute atomic E-state index is 0.0455. The normalized spacial score (nSPS) is 22.7. The fraction of sp³-hybridized carbons (Fsp3) is 0.833. The third-order valence-electron chi connectivity index (χ3n) is 5.41. The zero-order chi connectivity index (χ0) is 18.6. The highest BCUT2D eigenvalue weighted by molar-refractivity contribution is 5.82. The maximum absolute atomic E-state index is 12.3. The summed E-state index contributed by atoms with van der Waals surface area (Å²) < 4.78 is 0. The van der Waals surface area contributed by atoms with E-state index in [1.165, 1.54) is 0 Å². The lowest BCUT2D eigenvalue weighted by Crippen LogP contribution is -2.57. The fourth-order valence-electron chi connectivity index (χ4n) is 2.86. The van der Waals surface area contributed by atoms with Crippen LogP contribution in [0.4, 0.5) is 0 Å². The molecule has 140 valence electrons. The third-order valence-corrected chi connectivity index (χ3v) is 5.41. The smallest absolute Gasteiger partial charge is 0.237 e. The molecule has 0 radical (unpaired) electrons. The Morgan fingerprint density at radius 2 is 1.80 bits per heavy atom. The summed E-state index contributed by atoms with van der Waals surface area (Å²) in [5, 5.41) is 15.2. The standard InChI is InChI=1S/C18H31N5O2/c1-13(2)18(4,12-19)21-16(24)11-22-7-9-23(10-8-22)14(3)17(25)20-15-5-6-15/h13-15H,5-11H2,1-4H3,(H,20,25)(H,21,24). The van der Waals surface area contributed by atoms with Crippen LogP contribution >= 0.6 is 0 Å². The summed E-state index contributed by atoms with van der Waals surface area (Å²) in [7, 11) is 0. The Balaban J connectivity index is 1.75. The van der Waals surface area contributed by atoms with Gasteiger partial charge in [-0.15, -0.1) is 0 Å². The van der Waals surface area contributed by atoms with E-state index in [1.54, 1.807) is 6.92 Å². The summed E-state index contributed by atoms with van der Waals surface area (Å²) in [5.74, 6) is 0.0327. The highest BCUT2D eigenvalue weighted by Crippen LogP contribution is 2.19. The first-order chi connectivity index (χ1) is 11.7. The van der Waals surface area contributed by atoms with Crippen LogP contribution in [0.1, 0.15) is 40.5 Å². The molecule has 1 aliphatic carbocycles. The molecule has 2 fully saturated rings. The van der Waals surface area contributed by atoms with Crippen molar-refractivity contribution < 1.29 is 9.59 Å². The van der Waals surface area contributed by atoms with E-state index in [1.807, 2.05) is 20.8 Å². The van der Waals surface area contributed by atoms with Gasteiger partial charge in [-0.3, -0.25) is 19.4 Å². The van der Waals surface area contributed by atoms with Crippen LogP contribution in [-0.2, 0) is 9.59 Å². The maximum Gasteiger partial charge on any atom is 0.237 e. The number of carbonyl (C=O) groups is 2. The van der Waals surface area contributed by atoms with Crippen molar-refractivity contribution >= 4 is 11.8 Å². The Bertz CT molecular complexity index is 532. The predicted octanol–water partition coefficient (Wildman–Crippen LogP) is 0.326. The first-order valence-electron chi connectivity index (χ1n) is 9.24. The summed E-state index contributed by atoms with van der Waals surface area (Å²) in [5.41, 5.74) is -0.839. The lowest BCUT2D eigenvalue weighted by atomic mass is 9.90. The first-order valence-corrected chi connectivity index (χ1v) is 9.24. The van der Waals surface area contributed by atoms with Gasteiger partial charge >= 0.3 is 0 Å². The molecule has 2 N–H and O–H groups in total. The zero-order valence-electron chi connectivity index (χ0n) is 15.8. The van der Waals surface area contributed by atoms with Crippen LogP contribution in [0.2, 0.25) is 0 Å². The van der Waals surface area contributed by atoms with Gasteiger partial charge in [0.2, 0.25) is 11.8 Å². The molecule has 1 saturated carbocycles. The number of nitriles is 1. The van der Waals surface area contributed by atoms with Gasteiger partial charge in [0.1, 0.15) is 5.54 Å². The van der Waals surface area contributed by atoms with Gasteiger partial charge in [-0.05, 0) is 32.6 Å². The Kier molecular flexibility index (Phi) is 6.42. The summed E-state index contributed by atoms with van der Waals surface area (Å²) >= 11 is 0. The second kappa shape index (κ2) is 8.15. The van der Waals surface area contributed by atoms with Crippen molar-refractivity contribution in [3.05, 3.63) is 0 Å². The summed E-state index contributed by atoms with van der Waals surface area (Å²) in [6.07, 6.45) is 2.19. The van der Waals surface area contributed by atoms with E-state index in [-0.39, 0.29) is 23.8 Å². The van der Waals surface area contributed by atoms with E-state index in [4.69, 9.17) is 0 Å². The molecule has 7 heteroatoms. The van der Waals surface area contributed by atoms with E-state index in [0.29, 0.717) is 12.6 Å². The van der Waals surface area contributed by atoms with Crippen molar-refractivity contribution in [2.24, 2.45) is 5.92 Å². The van der Waals surface area contributed by atoms with Crippen molar-refractivity contribution in [2.45, 2.75) is 58.2 Å². The number of rotatable bonds is 7. The molecule has 2 rings (SSSR count). The topological polar surface area (TPSA) is 88.5 Å². The molecule has 2 amide bonds. The quantitative estimate of drug-likeness (QED) is 0.691. The van der Waals surface area contributed by atoms with Gasteiger partial charge in [0.25, 0.3) is 0 Å². The Labute approximate surface area is 150 Å². The third kappa shape index (κ3) is 5.41. The van der Waals surface area contributed by atoms with Gasteiger partial charge in [0.05, 0.1) is 18.7 Å². The van der Waals surface area contributed by atoms with Crippen molar-refractivity contribution in [1.82, 2.24) is 20.4 Å². The number of piperazine rings is 1. The molecule has 0 aromatic heterocycles. The molecule has 0 spiro atoms. The van der Waals surface area contributed by atoms with Crippen LogP contribution in [-0.4, -0.2) is 72.0 Å². The van der Waals surface area contributed by atoms with Gasteiger partial charge < -0.3 is 10.6 Å². The average Bonchev–Trinajstić information content (AvgIpc) is 3.38. The van der Waals surface area contributed by atoms with Gasteiger partial charge in [0, 0.05) is 32.2 Å². The lowest BCUT2D eigenvalue weighted by molar-refractivity contribution is -0.128. The number of nitrogens with one attached hydrogen (secondary N) is 2. The van der Waals surface area contributed by atoms with Gasteiger partial charge in [-0.1, -0.05) is 13.8 Å². The largest absolute Gasteiger partial charge is 0.352 e. The molecule has 1 heterocycles.